The summed E-state index contributed by atoms with van der Waals surface area (Å²) in [4.78, 5) is 1.33. The van der Waals surface area contributed by atoms with Crippen molar-refractivity contribution >= 4 is 17.4 Å². The van der Waals surface area contributed by atoms with Gasteiger partial charge in [-0.2, -0.15) is 0 Å². The van der Waals surface area contributed by atoms with Gasteiger partial charge in [-0.1, -0.05) is 6.92 Å². The summed E-state index contributed by atoms with van der Waals surface area (Å²) in [7, 11) is 0. The van der Waals surface area contributed by atoms with Gasteiger partial charge >= 0.3 is 0 Å². The standard InChI is InChI=1S/C12H17NS/c1-9-7-11(8-9)13-10-3-5-12(14-2)6-4-10/h3-6,9,11,13H,7-8H2,1-2H3. The van der Waals surface area contributed by atoms with Crippen LogP contribution in [0.25, 0.3) is 0 Å². The lowest BCUT2D eigenvalue weighted by molar-refractivity contribution is 0.309. The molecule has 1 fully saturated rings. The summed E-state index contributed by atoms with van der Waals surface area (Å²) in [5, 5.41) is 3.55. The van der Waals surface area contributed by atoms with Gasteiger partial charge in [0, 0.05) is 16.6 Å². The average Bonchev–Trinajstić information content (AvgIpc) is 2.17. The maximum Gasteiger partial charge on any atom is 0.0343 e. The predicted molar refractivity (Wildman–Crippen MR) is 64.0 cm³/mol. The molecule has 1 aromatic rings. The van der Waals surface area contributed by atoms with E-state index in [-0.39, 0.29) is 0 Å². The molecule has 0 amide bonds. The number of nitrogens with one attached hydrogen (secondary N) is 1. The van der Waals surface area contributed by atoms with E-state index >= 15 is 0 Å². The highest BCUT2D eigenvalue weighted by Crippen LogP contribution is 2.29. The number of benzene rings is 1. The molecule has 1 aliphatic rings. The molecule has 76 valence electrons. The molecule has 1 aromatic carbocycles. The Bertz CT molecular complexity index is 288. The molecule has 0 atom stereocenters. The second kappa shape index (κ2) is 4.26. The van der Waals surface area contributed by atoms with Gasteiger partial charge in [0.1, 0.15) is 0 Å². The highest BCUT2D eigenvalue weighted by atomic mass is 32.2. The van der Waals surface area contributed by atoms with Crippen LogP contribution in [0.15, 0.2) is 29.2 Å². The largest absolute Gasteiger partial charge is 0.382 e. The SMILES string of the molecule is CSc1ccc(NC2CC(C)C2)cc1. The Labute approximate surface area is 90.3 Å². The second-order valence-corrected chi connectivity index (χ2v) is 5.03. The Kier molecular flexibility index (Phi) is 3.02. The minimum Gasteiger partial charge on any atom is -0.382 e. The van der Waals surface area contributed by atoms with E-state index in [1.54, 1.807) is 11.8 Å². The zero-order valence-corrected chi connectivity index (χ0v) is 9.60. The van der Waals surface area contributed by atoms with Gasteiger partial charge in [0.25, 0.3) is 0 Å². The summed E-state index contributed by atoms with van der Waals surface area (Å²) < 4.78 is 0. The molecule has 2 heteroatoms. The second-order valence-electron chi connectivity index (χ2n) is 4.15. The minimum absolute atomic E-state index is 0.713. The first-order valence-corrected chi connectivity index (χ1v) is 6.41. The predicted octanol–water partition coefficient (Wildman–Crippen LogP) is 3.62. The van der Waals surface area contributed by atoms with Gasteiger partial charge in [0.2, 0.25) is 0 Å². The number of thioether (sulfide) groups is 1. The Hall–Kier alpha value is -0.630. The fraction of sp³-hybridized carbons (Fsp3) is 0.500. The van der Waals surface area contributed by atoms with Crippen LogP contribution in [0.3, 0.4) is 0 Å². The molecule has 0 aromatic heterocycles. The van der Waals surface area contributed by atoms with Crippen molar-refractivity contribution in [1.29, 1.82) is 0 Å². The van der Waals surface area contributed by atoms with Crippen molar-refractivity contribution in [2.45, 2.75) is 30.7 Å². The van der Waals surface area contributed by atoms with Gasteiger partial charge < -0.3 is 5.32 Å². The van der Waals surface area contributed by atoms with Crippen molar-refractivity contribution in [3.05, 3.63) is 24.3 Å². The summed E-state index contributed by atoms with van der Waals surface area (Å²) in [6.45, 7) is 2.31. The van der Waals surface area contributed by atoms with Crippen molar-refractivity contribution in [1.82, 2.24) is 0 Å². The van der Waals surface area contributed by atoms with Crippen molar-refractivity contribution < 1.29 is 0 Å². The van der Waals surface area contributed by atoms with E-state index < -0.39 is 0 Å². The molecule has 0 saturated heterocycles. The van der Waals surface area contributed by atoms with E-state index in [9.17, 15) is 0 Å². The van der Waals surface area contributed by atoms with Gasteiger partial charge in [-0.3, -0.25) is 0 Å². The quantitative estimate of drug-likeness (QED) is 0.760. The number of hydrogen-bond donors (Lipinski definition) is 1. The first-order valence-electron chi connectivity index (χ1n) is 5.18. The summed E-state index contributed by atoms with van der Waals surface area (Å²) in [6, 6.07) is 9.42. The van der Waals surface area contributed by atoms with Crippen LogP contribution in [0, 0.1) is 5.92 Å². The lowest BCUT2D eigenvalue weighted by Gasteiger charge is -2.34. The topological polar surface area (TPSA) is 12.0 Å². The van der Waals surface area contributed by atoms with E-state index in [4.69, 9.17) is 0 Å². The van der Waals surface area contributed by atoms with Crippen LogP contribution in [-0.2, 0) is 0 Å². The third kappa shape index (κ3) is 2.24. The monoisotopic (exact) mass is 207 g/mol. The van der Waals surface area contributed by atoms with Gasteiger partial charge in [-0.25, -0.2) is 0 Å². The van der Waals surface area contributed by atoms with Crippen molar-refractivity contribution in [3.63, 3.8) is 0 Å². The average molecular weight is 207 g/mol. The molecule has 0 aliphatic heterocycles. The van der Waals surface area contributed by atoms with Crippen molar-refractivity contribution in [3.8, 4) is 0 Å². The van der Waals surface area contributed by atoms with Crippen LogP contribution < -0.4 is 5.32 Å². The molecular weight excluding hydrogens is 190 g/mol. The molecular formula is C12H17NS. The molecule has 1 aliphatic carbocycles. The third-order valence-corrected chi connectivity index (χ3v) is 3.58. The van der Waals surface area contributed by atoms with Crippen molar-refractivity contribution in [2.24, 2.45) is 5.92 Å². The highest BCUT2D eigenvalue weighted by Gasteiger charge is 2.24. The molecule has 0 radical (unpaired) electrons. The van der Waals surface area contributed by atoms with Gasteiger partial charge in [0.05, 0.1) is 0 Å². The lowest BCUT2D eigenvalue weighted by Crippen LogP contribution is -2.33. The summed E-state index contributed by atoms with van der Waals surface area (Å²) in [5.41, 5.74) is 1.26. The summed E-state index contributed by atoms with van der Waals surface area (Å²) in [6.07, 6.45) is 4.75. The van der Waals surface area contributed by atoms with Crippen molar-refractivity contribution in [2.75, 3.05) is 11.6 Å². The van der Waals surface area contributed by atoms with E-state index in [0.29, 0.717) is 6.04 Å². The number of hydrogen-bond acceptors (Lipinski definition) is 2. The molecule has 1 N–H and O–H groups in total. The lowest BCUT2D eigenvalue weighted by atomic mass is 9.82. The van der Waals surface area contributed by atoms with Crippen LogP contribution in [0.1, 0.15) is 19.8 Å². The summed E-state index contributed by atoms with van der Waals surface area (Å²) in [5.74, 6) is 0.915. The Balaban J connectivity index is 1.90. The number of anilines is 1. The van der Waals surface area contributed by atoms with E-state index in [0.717, 1.165) is 5.92 Å². The maximum absolute atomic E-state index is 3.55. The van der Waals surface area contributed by atoms with E-state index in [1.165, 1.54) is 23.4 Å². The summed E-state index contributed by atoms with van der Waals surface area (Å²) >= 11 is 1.79. The molecule has 0 unspecified atom stereocenters. The zero-order valence-electron chi connectivity index (χ0n) is 8.79. The molecule has 1 saturated carbocycles. The van der Waals surface area contributed by atoms with Gasteiger partial charge in [-0.05, 0) is 49.3 Å². The Morgan fingerprint density at radius 1 is 1.21 bits per heavy atom. The third-order valence-electron chi connectivity index (χ3n) is 2.83. The molecule has 14 heavy (non-hydrogen) atoms. The van der Waals surface area contributed by atoms with Gasteiger partial charge in [-0.15, -0.1) is 11.8 Å². The smallest absolute Gasteiger partial charge is 0.0343 e. The first kappa shape index (κ1) is 9.91. The highest BCUT2D eigenvalue weighted by molar-refractivity contribution is 7.98. The van der Waals surface area contributed by atoms with Crippen LogP contribution in [0.2, 0.25) is 0 Å². The molecule has 0 heterocycles. The minimum atomic E-state index is 0.713. The number of rotatable bonds is 3. The molecule has 0 spiro atoms. The Morgan fingerprint density at radius 3 is 2.36 bits per heavy atom. The van der Waals surface area contributed by atoms with Crippen LogP contribution in [0.5, 0.6) is 0 Å². The fourth-order valence-corrected chi connectivity index (χ4v) is 2.35. The molecule has 1 nitrogen and oxygen atoms in total. The molecule has 2 rings (SSSR count). The van der Waals surface area contributed by atoms with Gasteiger partial charge in [0.15, 0.2) is 0 Å². The van der Waals surface area contributed by atoms with Crippen LogP contribution in [-0.4, -0.2) is 12.3 Å². The normalized spacial score (nSPS) is 25.6. The fourth-order valence-electron chi connectivity index (χ4n) is 1.94. The zero-order chi connectivity index (χ0) is 9.97. The molecule has 0 bridgehead atoms. The van der Waals surface area contributed by atoms with Crippen LogP contribution in [0.4, 0.5) is 5.69 Å². The van der Waals surface area contributed by atoms with E-state index in [2.05, 4.69) is 42.8 Å². The van der Waals surface area contributed by atoms with E-state index in [1.807, 2.05) is 0 Å². The van der Waals surface area contributed by atoms with Crippen LogP contribution >= 0.6 is 11.8 Å². The maximum atomic E-state index is 3.55. The first-order chi connectivity index (χ1) is 6.78. The Morgan fingerprint density at radius 2 is 1.86 bits per heavy atom.